The quantitative estimate of drug-likeness (QED) is 0.741. The van der Waals surface area contributed by atoms with E-state index in [9.17, 15) is 13.2 Å². The summed E-state index contributed by atoms with van der Waals surface area (Å²) in [6, 6.07) is 6.18. The van der Waals surface area contributed by atoms with E-state index in [4.69, 9.17) is 0 Å². The molecule has 0 saturated carbocycles. The summed E-state index contributed by atoms with van der Waals surface area (Å²) in [6.45, 7) is 3.72. The van der Waals surface area contributed by atoms with E-state index < -0.39 is 10.0 Å². The third-order valence-corrected chi connectivity index (χ3v) is 3.32. The first-order valence-electron chi connectivity index (χ1n) is 5.42. The van der Waals surface area contributed by atoms with Gasteiger partial charge in [-0.3, -0.25) is 9.63 Å². The smallest absolute Gasteiger partial charge is 0.262 e. The summed E-state index contributed by atoms with van der Waals surface area (Å²) in [7, 11) is -3.63. The summed E-state index contributed by atoms with van der Waals surface area (Å²) < 4.78 is 23.3. The summed E-state index contributed by atoms with van der Waals surface area (Å²) in [4.78, 5) is 17.5. The highest BCUT2D eigenvalue weighted by atomic mass is 32.2. The van der Waals surface area contributed by atoms with E-state index in [1.165, 1.54) is 19.1 Å². The van der Waals surface area contributed by atoms with Gasteiger partial charge in [0, 0.05) is 13.5 Å². The second-order valence-corrected chi connectivity index (χ2v) is 5.22. The number of hydrogen-bond acceptors (Lipinski definition) is 4. The largest absolute Gasteiger partial charge is 0.352 e. The van der Waals surface area contributed by atoms with Crippen LogP contribution in [0.4, 0.5) is 0 Å². The van der Waals surface area contributed by atoms with Crippen LogP contribution in [0.5, 0.6) is 0 Å². The van der Waals surface area contributed by atoms with E-state index in [1.807, 2.05) is 4.89 Å². The number of benzene rings is 1. The molecule has 0 atom stereocenters. The van der Waals surface area contributed by atoms with Gasteiger partial charge in [-0.15, -0.1) is 0 Å². The van der Waals surface area contributed by atoms with Crippen molar-refractivity contribution in [3.63, 3.8) is 0 Å². The minimum atomic E-state index is -3.63. The molecule has 1 aromatic rings. The van der Waals surface area contributed by atoms with E-state index in [1.54, 1.807) is 19.1 Å². The Balaban J connectivity index is 2.73. The first kappa shape index (κ1) is 14.6. The number of carbonyl (C=O) groups is 1. The Morgan fingerprint density at radius 1 is 1.28 bits per heavy atom. The zero-order chi connectivity index (χ0) is 13.6. The van der Waals surface area contributed by atoms with Crippen molar-refractivity contribution in [1.82, 2.24) is 10.2 Å². The van der Waals surface area contributed by atoms with Gasteiger partial charge in [0.15, 0.2) is 0 Å². The Kier molecular flexibility index (Phi) is 5.26. The van der Waals surface area contributed by atoms with Crippen molar-refractivity contribution in [2.75, 3.05) is 6.61 Å². The molecule has 0 unspecified atom stereocenters. The maximum atomic E-state index is 11.7. The number of sulfonamides is 1. The Morgan fingerprint density at radius 3 is 2.39 bits per heavy atom. The highest BCUT2D eigenvalue weighted by Crippen LogP contribution is 2.10. The molecule has 1 aromatic carbocycles. The lowest BCUT2D eigenvalue weighted by Gasteiger charge is -2.07. The average molecular weight is 272 g/mol. The van der Waals surface area contributed by atoms with Crippen LogP contribution in [0.25, 0.3) is 0 Å². The number of carbonyl (C=O) groups excluding carboxylic acids is 1. The summed E-state index contributed by atoms with van der Waals surface area (Å²) in [5.41, 5.74) is 0.820. The molecule has 100 valence electrons. The third-order valence-electron chi connectivity index (χ3n) is 2.09. The van der Waals surface area contributed by atoms with Gasteiger partial charge in [-0.2, -0.15) is 0 Å². The zero-order valence-electron chi connectivity index (χ0n) is 10.3. The van der Waals surface area contributed by atoms with Crippen LogP contribution in [0.1, 0.15) is 19.4 Å². The molecular formula is C11H16N2O4S. The molecule has 1 rings (SSSR count). The highest BCUT2D eigenvalue weighted by Gasteiger charge is 2.13. The van der Waals surface area contributed by atoms with Gasteiger partial charge in [0.2, 0.25) is 5.91 Å². The predicted molar refractivity (Wildman–Crippen MR) is 65.9 cm³/mol. The minimum Gasteiger partial charge on any atom is -0.352 e. The molecule has 2 N–H and O–H groups in total. The van der Waals surface area contributed by atoms with Crippen molar-refractivity contribution in [2.24, 2.45) is 0 Å². The van der Waals surface area contributed by atoms with Crippen molar-refractivity contribution >= 4 is 15.9 Å². The molecule has 18 heavy (non-hydrogen) atoms. The SMILES string of the molecule is CCONS(=O)(=O)c1ccc(CNC(C)=O)cc1. The van der Waals surface area contributed by atoms with Crippen LogP contribution in [0.3, 0.4) is 0 Å². The maximum Gasteiger partial charge on any atom is 0.262 e. The molecule has 0 saturated heterocycles. The van der Waals surface area contributed by atoms with Gasteiger partial charge in [-0.25, -0.2) is 8.42 Å². The lowest BCUT2D eigenvalue weighted by atomic mass is 10.2. The average Bonchev–Trinajstić information content (AvgIpc) is 2.34. The molecule has 0 bridgehead atoms. The van der Waals surface area contributed by atoms with Gasteiger partial charge >= 0.3 is 0 Å². The van der Waals surface area contributed by atoms with Gasteiger partial charge < -0.3 is 5.32 Å². The zero-order valence-corrected chi connectivity index (χ0v) is 11.1. The Labute approximate surface area is 106 Å². The topological polar surface area (TPSA) is 84.5 Å². The molecule has 0 aliphatic rings. The van der Waals surface area contributed by atoms with Crippen molar-refractivity contribution in [1.29, 1.82) is 0 Å². The van der Waals surface area contributed by atoms with E-state index in [0.717, 1.165) is 5.56 Å². The summed E-state index contributed by atoms with van der Waals surface area (Å²) >= 11 is 0. The van der Waals surface area contributed by atoms with Crippen LogP contribution in [-0.2, 0) is 26.2 Å². The standard InChI is InChI=1S/C11H16N2O4S/c1-3-17-13-18(15,16)11-6-4-10(5-7-11)8-12-9(2)14/h4-7,13H,3,8H2,1-2H3,(H,12,14). The van der Waals surface area contributed by atoms with Crippen molar-refractivity contribution in [3.05, 3.63) is 29.8 Å². The molecule has 1 amide bonds. The molecule has 6 nitrogen and oxygen atoms in total. The lowest BCUT2D eigenvalue weighted by molar-refractivity contribution is -0.119. The Hall–Kier alpha value is -1.44. The second-order valence-electron chi connectivity index (χ2n) is 3.57. The number of rotatable bonds is 6. The first-order valence-corrected chi connectivity index (χ1v) is 6.91. The van der Waals surface area contributed by atoms with Crippen molar-refractivity contribution < 1.29 is 18.0 Å². The molecule has 0 heterocycles. The summed E-state index contributed by atoms with van der Waals surface area (Å²) in [5, 5.41) is 2.63. The van der Waals surface area contributed by atoms with E-state index >= 15 is 0 Å². The van der Waals surface area contributed by atoms with Gasteiger partial charge in [0.1, 0.15) is 0 Å². The normalized spacial score (nSPS) is 11.2. The molecule has 0 aliphatic carbocycles. The van der Waals surface area contributed by atoms with E-state index in [0.29, 0.717) is 6.54 Å². The van der Waals surface area contributed by atoms with Crippen molar-refractivity contribution in [2.45, 2.75) is 25.3 Å². The monoisotopic (exact) mass is 272 g/mol. The summed E-state index contributed by atoms with van der Waals surface area (Å²) in [5.74, 6) is -0.135. The lowest BCUT2D eigenvalue weighted by Crippen LogP contribution is -2.24. The molecule has 0 spiro atoms. The second kappa shape index (κ2) is 6.48. The van der Waals surface area contributed by atoms with E-state index in [2.05, 4.69) is 10.2 Å². The Bertz CT molecular complexity index is 496. The van der Waals surface area contributed by atoms with Crippen LogP contribution in [0.15, 0.2) is 29.2 Å². The molecule has 7 heteroatoms. The minimum absolute atomic E-state index is 0.113. The maximum absolute atomic E-state index is 11.7. The van der Waals surface area contributed by atoms with Crippen LogP contribution in [0, 0.1) is 0 Å². The van der Waals surface area contributed by atoms with Crippen LogP contribution in [0.2, 0.25) is 0 Å². The molecule has 0 aromatic heterocycles. The fourth-order valence-electron chi connectivity index (χ4n) is 1.20. The molecular weight excluding hydrogens is 256 g/mol. The van der Waals surface area contributed by atoms with Gasteiger partial charge in [0.05, 0.1) is 11.5 Å². The van der Waals surface area contributed by atoms with Gasteiger partial charge in [-0.1, -0.05) is 17.0 Å². The van der Waals surface area contributed by atoms with Crippen molar-refractivity contribution in [3.8, 4) is 0 Å². The van der Waals surface area contributed by atoms with E-state index in [-0.39, 0.29) is 17.4 Å². The predicted octanol–water partition coefficient (Wildman–Crippen LogP) is 0.552. The number of hydrogen-bond donors (Lipinski definition) is 2. The van der Waals surface area contributed by atoms with Crippen LogP contribution < -0.4 is 10.2 Å². The Morgan fingerprint density at radius 2 is 1.89 bits per heavy atom. The fourth-order valence-corrected chi connectivity index (χ4v) is 2.06. The highest BCUT2D eigenvalue weighted by molar-refractivity contribution is 7.89. The molecule has 0 radical (unpaired) electrons. The first-order chi connectivity index (χ1) is 8.45. The fraction of sp³-hybridized carbons (Fsp3) is 0.364. The molecule has 0 aliphatic heterocycles. The van der Waals surface area contributed by atoms with Crippen LogP contribution >= 0.6 is 0 Å². The number of amides is 1. The van der Waals surface area contributed by atoms with Crippen LogP contribution in [-0.4, -0.2) is 20.9 Å². The molecule has 0 fully saturated rings. The third kappa shape index (κ3) is 4.44. The van der Waals surface area contributed by atoms with Gasteiger partial charge in [0.25, 0.3) is 10.0 Å². The summed E-state index contributed by atoms with van der Waals surface area (Å²) in [6.07, 6.45) is 0. The number of nitrogens with one attached hydrogen (secondary N) is 2. The van der Waals surface area contributed by atoms with Gasteiger partial charge in [-0.05, 0) is 24.6 Å².